The molecule has 0 spiro atoms. The molecule has 0 saturated carbocycles. The molecule has 3 heterocycles. The molecule has 0 radical (unpaired) electrons. The fourth-order valence-corrected chi connectivity index (χ4v) is 6.11. The van der Waals surface area contributed by atoms with Gasteiger partial charge in [-0.1, -0.05) is 60.7 Å². The van der Waals surface area contributed by atoms with Crippen LogP contribution in [-0.2, 0) is 7.05 Å². The van der Waals surface area contributed by atoms with Gasteiger partial charge in [0.15, 0.2) is 0 Å². The van der Waals surface area contributed by atoms with E-state index in [0.717, 1.165) is 33.6 Å². The van der Waals surface area contributed by atoms with Crippen molar-refractivity contribution in [3.05, 3.63) is 103 Å². The molecular weight excluding hydrogens is 448 g/mol. The number of fused-ring (bicyclic) bond motifs is 5. The number of aromatic nitrogens is 2. The zero-order valence-corrected chi connectivity index (χ0v) is 20.3. The molecule has 0 aliphatic carbocycles. The third-order valence-corrected chi connectivity index (χ3v) is 7.80. The average Bonchev–Trinajstić information content (AvgIpc) is 3.45. The summed E-state index contributed by atoms with van der Waals surface area (Å²) in [7, 11) is 2.13. The minimum absolute atomic E-state index is 0.911. The second-order valence-corrected chi connectivity index (χ2v) is 9.64. The van der Waals surface area contributed by atoms with Gasteiger partial charge in [-0.2, -0.15) is 4.57 Å². The number of hydrogen-bond donors (Lipinski definition) is 0. The summed E-state index contributed by atoms with van der Waals surface area (Å²) in [6.45, 7) is 0. The van der Waals surface area contributed by atoms with Crippen LogP contribution in [0.25, 0.3) is 60.8 Å². The fourth-order valence-electron chi connectivity index (χ4n) is 5.39. The van der Waals surface area contributed by atoms with Gasteiger partial charge in [-0.3, -0.25) is 0 Å². The Morgan fingerprint density at radius 2 is 1.26 bits per heavy atom. The first-order valence-electron chi connectivity index (χ1n) is 11.7. The van der Waals surface area contributed by atoms with E-state index in [4.69, 9.17) is 4.42 Å². The van der Waals surface area contributed by atoms with E-state index in [9.17, 15) is 0 Å². The van der Waals surface area contributed by atoms with Gasteiger partial charge in [0.2, 0.25) is 11.3 Å². The molecule has 4 heteroatoms. The lowest BCUT2D eigenvalue weighted by molar-refractivity contribution is -0.634. The van der Waals surface area contributed by atoms with E-state index >= 15 is 0 Å². The van der Waals surface area contributed by atoms with Crippen molar-refractivity contribution < 1.29 is 8.98 Å². The van der Waals surface area contributed by atoms with Crippen LogP contribution >= 0.6 is 11.8 Å². The summed E-state index contributed by atoms with van der Waals surface area (Å²) in [5.74, 6) is 0.911. The first kappa shape index (κ1) is 20.4. The predicted molar refractivity (Wildman–Crippen MR) is 146 cm³/mol. The van der Waals surface area contributed by atoms with Gasteiger partial charge in [-0.05, 0) is 36.6 Å². The SMILES string of the molecule is CSc1c(-c2cc(-n3c4ccccc4c4ccccc43)c3ccccc3[n+]2C)oc2ccccc12. The Bertz CT molecular complexity index is 1860. The second-order valence-electron chi connectivity index (χ2n) is 8.82. The van der Waals surface area contributed by atoms with Crippen LogP contribution < -0.4 is 4.57 Å². The summed E-state index contributed by atoms with van der Waals surface area (Å²) in [6.07, 6.45) is 2.12. The summed E-state index contributed by atoms with van der Waals surface area (Å²) < 4.78 is 11.2. The molecule has 0 fully saturated rings. The van der Waals surface area contributed by atoms with E-state index < -0.39 is 0 Å². The summed E-state index contributed by atoms with van der Waals surface area (Å²) in [5, 5.41) is 4.87. The Morgan fingerprint density at radius 1 is 0.686 bits per heavy atom. The molecule has 0 aliphatic rings. The van der Waals surface area contributed by atoms with E-state index in [1.165, 1.54) is 32.1 Å². The van der Waals surface area contributed by atoms with Crippen LogP contribution in [0, 0.1) is 0 Å². The fraction of sp³-hybridized carbons (Fsp3) is 0.0645. The molecule has 3 nitrogen and oxygen atoms in total. The molecule has 35 heavy (non-hydrogen) atoms. The Labute approximate surface area is 207 Å². The Kier molecular flexibility index (Phi) is 4.51. The molecule has 0 unspecified atom stereocenters. The second kappa shape index (κ2) is 7.76. The summed E-state index contributed by atoms with van der Waals surface area (Å²) in [4.78, 5) is 1.17. The predicted octanol–water partition coefficient (Wildman–Crippen LogP) is 7.90. The molecule has 0 amide bonds. The Morgan fingerprint density at radius 3 is 1.94 bits per heavy atom. The van der Waals surface area contributed by atoms with E-state index in [0.29, 0.717) is 0 Å². The van der Waals surface area contributed by atoms with Crippen molar-refractivity contribution in [3.8, 4) is 17.1 Å². The molecular formula is C31H23N2OS+. The van der Waals surface area contributed by atoms with Gasteiger partial charge in [-0.25, -0.2) is 0 Å². The van der Waals surface area contributed by atoms with E-state index in [-0.39, 0.29) is 0 Å². The van der Waals surface area contributed by atoms with Gasteiger partial charge in [-0.15, -0.1) is 11.8 Å². The number of thioether (sulfide) groups is 1. The maximum atomic E-state index is 6.50. The lowest BCUT2D eigenvalue weighted by Gasteiger charge is -2.12. The van der Waals surface area contributed by atoms with Crippen LogP contribution in [0.15, 0.2) is 112 Å². The first-order chi connectivity index (χ1) is 17.3. The van der Waals surface area contributed by atoms with Crippen LogP contribution in [0.5, 0.6) is 0 Å². The molecule has 168 valence electrons. The van der Waals surface area contributed by atoms with Crippen molar-refractivity contribution in [2.45, 2.75) is 4.90 Å². The normalized spacial score (nSPS) is 11.8. The number of hydrogen-bond acceptors (Lipinski definition) is 2. The van der Waals surface area contributed by atoms with Crippen molar-refractivity contribution in [2.24, 2.45) is 7.05 Å². The standard InChI is InChI=1S/C31H23N2OS/c1-32-24-15-7-5-13-22(24)27(19-28(32)30-31(35-2)23-14-6-10-18-29(23)34-30)33-25-16-8-3-11-20(25)21-12-4-9-17-26(21)33/h3-19H,1-2H3/q+1. The van der Waals surface area contributed by atoms with Gasteiger partial charge < -0.3 is 8.98 Å². The highest BCUT2D eigenvalue weighted by atomic mass is 32.2. The Hall–Kier alpha value is -4.02. The van der Waals surface area contributed by atoms with Crippen molar-refractivity contribution in [1.82, 2.24) is 4.57 Å². The molecule has 4 aromatic carbocycles. The van der Waals surface area contributed by atoms with Crippen molar-refractivity contribution in [2.75, 3.05) is 6.26 Å². The minimum Gasteiger partial charge on any atom is -0.448 e. The number of pyridine rings is 1. The quantitative estimate of drug-likeness (QED) is 0.193. The van der Waals surface area contributed by atoms with Gasteiger partial charge in [0, 0.05) is 28.3 Å². The summed E-state index contributed by atoms with van der Waals surface area (Å²) in [5.41, 5.74) is 6.69. The highest BCUT2D eigenvalue weighted by molar-refractivity contribution is 7.99. The average molecular weight is 472 g/mol. The zero-order chi connectivity index (χ0) is 23.5. The lowest BCUT2D eigenvalue weighted by atomic mass is 10.1. The molecule has 3 aromatic heterocycles. The van der Waals surface area contributed by atoms with Crippen LogP contribution in [0.4, 0.5) is 0 Å². The largest absolute Gasteiger partial charge is 0.448 e. The van der Waals surface area contributed by atoms with Gasteiger partial charge in [0.25, 0.3) is 5.69 Å². The Balaban J connectivity index is 1.65. The summed E-state index contributed by atoms with van der Waals surface area (Å²) in [6, 6.07) is 36.5. The molecule has 7 aromatic rings. The third-order valence-electron chi connectivity index (χ3n) is 6.98. The zero-order valence-electron chi connectivity index (χ0n) is 19.5. The molecule has 7 rings (SSSR count). The molecule has 0 N–H and O–H groups in total. The van der Waals surface area contributed by atoms with E-state index in [2.05, 4.69) is 113 Å². The molecule has 0 aliphatic heterocycles. The van der Waals surface area contributed by atoms with E-state index in [1.807, 2.05) is 12.1 Å². The van der Waals surface area contributed by atoms with Crippen molar-refractivity contribution >= 4 is 55.4 Å². The van der Waals surface area contributed by atoms with E-state index in [1.54, 1.807) is 11.8 Å². The van der Waals surface area contributed by atoms with Crippen molar-refractivity contribution in [1.29, 1.82) is 0 Å². The number of aryl methyl sites for hydroxylation is 1. The van der Waals surface area contributed by atoms with Gasteiger partial charge in [0.1, 0.15) is 12.6 Å². The van der Waals surface area contributed by atoms with Crippen molar-refractivity contribution in [3.63, 3.8) is 0 Å². The number of furan rings is 1. The van der Waals surface area contributed by atoms with Gasteiger partial charge in [0.05, 0.1) is 27.0 Å². The number of para-hydroxylation sites is 4. The highest BCUT2D eigenvalue weighted by Crippen LogP contribution is 2.40. The third kappa shape index (κ3) is 2.90. The van der Waals surface area contributed by atoms with Crippen LogP contribution in [0.3, 0.4) is 0 Å². The molecule has 0 bridgehead atoms. The number of rotatable bonds is 3. The van der Waals surface area contributed by atoms with Crippen LogP contribution in [0.1, 0.15) is 0 Å². The number of nitrogens with zero attached hydrogens (tertiary/aromatic N) is 2. The van der Waals surface area contributed by atoms with Gasteiger partial charge >= 0.3 is 0 Å². The maximum Gasteiger partial charge on any atom is 0.251 e. The lowest BCUT2D eigenvalue weighted by Crippen LogP contribution is -2.32. The highest BCUT2D eigenvalue weighted by Gasteiger charge is 2.26. The minimum atomic E-state index is 0.911. The maximum absolute atomic E-state index is 6.50. The topological polar surface area (TPSA) is 21.9 Å². The molecule has 0 saturated heterocycles. The molecule has 0 atom stereocenters. The smallest absolute Gasteiger partial charge is 0.251 e. The number of benzene rings is 4. The van der Waals surface area contributed by atoms with Crippen LogP contribution in [0.2, 0.25) is 0 Å². The monoisotopic (exact) mass is 471 g/mol. The summed E-state index contributed by atoms with van der Waals surface area (Å²) >= 11 is 1.74. The van der Waals surface area contributed by atoms with Crippen LogP contribution in [-0.4, -0.2) is 10.8 Å². The first-order valence-corrected chi connectivity index (χ1v) is 12.9.